The predicted molar refractivity (Wildman–Crippen MR) is 53.1 cm³/mol. The number of alkyl halides is 1. The topological polar surface area (TPSA) is 55.5 Å². The highest BCUT2D eigenvalue weighted by Gasteiger charge is 2.04. The number of aliphatic hydroxyl groups is 1. The molecule has 0 bridgehead atoms. The second-order valence-corrected chi connectivity index (χ2v) is 2.97. The Labute approximate surface area is 82.1 Å². The first-order valence-corrected chi connectivity index (χ1v) is 4.49. The molecule has 0 amide bonds. The molecule has 0 saturated carbocycles. The second kappa shape index (κ2) is 4.94. The zero-order chi connectivity index (χ0) is 9.68. The molecule has 1 rings (SSSR count). The number of aliphatic hydroxyl groups excluding tert-OH is 1. The monoisotopic (exact) mass is 201 g/mol. The molecule has 13 heavy (non-hydrogen) atoms. The standard InChI is InChI=1S/C9H12ClNO2/c10-5-7(12)6-13-9-4-2-1-3-8(9)11/h1-4,7,12H,5-6,11H2. The predicted octanol–water partition coefficient (Wildman–Crippen LogP) is 1.25. The summed E-state index contributed by atoms with van der Waals surface area (Å²) in [5, 5.41) is 9.11. The summed E-state index contributed by atoms with van der Waals surface area (Å²) in [6, 6.07) is 7.12. The van der Waals surface area contributed by atoms with Gasteiger partial charge in [0.05, 0.1) is 11.6 Å². The Balaban J connectivity index is 2.50. The maximum atomic E-state index is 9.11. The van der Waals surface area contributed by atoms with E-state index in [1.165, 1.54) is 0 Å². The van der Waals surface area contributed by atoms with Crippen LogP contribution < -0.4 is 10.5 Å². The van der Waals surface area contributed by atoms with Crippen LogP contribution >= 0.6 is 11.6 Å². The number of hydrogen-bond acceptors (Lipinski definition) is 3. The third-order valence-corrected chi connectivity index (χ3v) is 1.88. The number of ether oxygens (including phenoxy) is 1. The van der Waals surface area contributed by atoms with Crippen LogP contribution in [0.25, 0.3) is 0 Å². The normalized spacial score (nSPS) is 12.5. The minimum atomic E-state index is -0.652. The third-order valence-electron chi connectivity index (χ3n) is 1.53. The number of para-hydroxylation sites is 2. The van der Waals surface area contributed by atoms with Crippen molar-refractivity contribution in [1.29, 1.82) is 0 Å². The van der Waals surface area contributed by atoms with Gasteiger partial charge in [-0.25, -0.2) is 0 Å². The van der Waals surface area contributed by atoms with Crippen molar-refractivity contribution in [3.63, 3.8) is 0 Å². The molecule has 1 unspecified atom stereocenters. The summed E-state index contributed by atoms with van der Waals surface area (Å²) in [6.45, 7) is 0.164. The first-order chi connectivity index (χ1) is 6.24. The molecule has 1 aromatic rings. The Bertz CT molecular complexity index is 268. The highest BCUT2D eigenvalue weighted by Crippen LogP contribution is 2.19. The van der Waals surface area contributed by atoms with Gasteiger partial charge in [0, 0.05) is 0 Å². The molecule has 0 aliphatic rings. The molecule has 0 fully saturated rings. The minimum Gasteiger partial charge on any atom is -0.489 e. The summed E-state index contributed by atoms with van der Waals surface area (Å²) >= 11 is 5.40. The van der Waals surface area contributed by atoms with Crippen molar-refractivity contribution in [3.8, 4) is 5.75 Å². The van der Waals surface area contributed by atoms with Crippen molar-refractivity contribution in [2.24, 2.45) is 0 Å². The van der Waals surface area contributed by atoms with Crippen LogP contribution in [0, 0.1) is 0 Å². The Hall–Kier alpha value is -0.930. The van der Waals surface area contributed by atoms with Crippen LogP contribution in [0.1, 0.15) is 0 Å². The average molecular weight is 202 g/mol. The summed E-state index contributed by atoms with van der Waals surface area (Å²) in [5.41, 5.74) is 6.17. The number of anilines is 1. The quantitative estimate of drug-likeness (QED) is 0.570. The van der Waals surface area contributed by atoms with E-state index in [9.17, 15) is 0 Å². The number of benzene rings is 1. The lowest BCUT2D eigenvalue weighted by Gasteiger charge is -2.10. The van der Waals surface area contributed by atoms with Gasteiger partial charge in [0.25, 0.3) is 0 Å². The third kappa shape index (κ3) is 3.13. The molecule has 1 atom stereocenters. The van der Waals surface area contributed by atoms with Crippen molar-refractivity contribution < 1.29 is 9.84 Å². The van der Waals surface area contributed by atoms with Crippen molar-refractivity contribution in [3.05, 3.63) is 24.3 Å². The van der Waals surface area contributed by atoms with Gasteiger partial charge < -0.3 is 15.6 Å². The van der Waals surface area contributed by atoms with Gasteiger partial charge in [0.15, 0.2) is 0 Å². The van der Waals surface area contributed by atoms with Crippen LogP contribution in [0.2, 0.25) is 0 Å². The van der Waals surface area contributed by atoms with Crippen molar-refractivity contribution >= 4 is 17.3 Å². The Morgan fingerprint density at radius 3 is 2.77 bits per heavy atom. The summed E-state index contributed by atoms with van der Waals surface area (Å²) < 4.78 is 5.23. The zero-order valence-corrected chi connectivity index (χ0v) is 7.87. The highest BCUT2D eigenvalue weighted by molar-refractivity contribution is 6.18. The lowest BCUT2D eigenvalue weighted by Crippen LogP contribution is -2.19. The van der Waals surface area contributed by atoms with Crippen LogP contribution in [0.15, 0.2) is 24.3 Å². The second-order valence-electron chi connectivity index (χ2n) is 2.66. The fourth-order valence-corrected chi connectivity index (χ4v) is 0.932. The van der Waals surface area contributed by atoms with Gasteiger partial charge in [-0.1, -0.05) is 12.1 Å². The van der Waals surface area contributed by atoms with Gasteiger partial charge in [0.1, 0.15) is 18.5 Å². The first kappa shape index (κ1) is 10.2. The fraction of sp³-hybridized carbons (Fsp3) is 0.333. The molecule has 3 nitrogen and oxygen atoms in total. The van der Waals surface area contributed by atoms with E-state index in [2.05, 4.69) is 0 Å². The van der Waals surface area contributed by atoms with Crippen molar-refractivity contribution in [2.75, 3.05) is 18.2 Å². The first-order valence-electron chi connectivity index (χ1n) is 3.95. The number of nitrogens with two attached hydrogens (primary N) is 1. The molecule has 0 radical (unpaired) electrons. The summed E-state index contributed by atoms with van der Waals surface area (Å²) in [5.74, 6) is 0.735. The average Bonchev–Trinajstić information content (AvgIpc) is 2.16. The number of hydrogen-bond donors (Lipinski definition) is 2. The summed E-state index contributed by atoms with van der Waals surface area (Å²) in [7, 11) is 0. The smallest absolute Gasteiger partial charge is 0.142 e. The molecule has 0 aliphatic heterocycles. The molecule has 0 heterocycles. The molecule has 72 valence electrons. The molecule has 0 aromatic heterocycles. The molecular formula is C9H12ClNO2. The van der Waals surface area contributed by atoms with E-state index in [4.69, 9.17) is 27.2 Å². The van der Waals surface area contributed by atoms with E-state index in [1.807, 2.05) is 12.1 Å². The Morgan fingerprint density at radius 1 is 1.46 bits per heavy atom. The number of rotatable bonds is 4. The van der Waals surface area contributed by atoms with E-state index in [0.29, 0.717) is 11.4 Å². The molecular weight excluding hydrogens is 190 g/mol. The SMILES string of the molecule is Nc1ccccc1OCC(O)CCl. The Morgan fingerprint density at radius 2 is 2.15 bits per heavy atom. The fourth-order valence-electron chi connectivity index (χ4n) is 0.842. The maximum Gasteiger partial charge on any atom is 0.142 e. The van der Waals surface area contributed by atoms with E-state index in [-0.39, 0.29) is 12.5 Å². The zero-order valence-electron chi connectivity index (χ0n) is 7.11. The maximum absolute atomic E-state index is 9.11. The number of halogens is 1. The molecule has 0 spiro atoms. The van der Waals surface area contributed by atoms with Crippen LogP contribution in [0.3, 0.4) is 0 Å². The molecule has 0 saturated heterocycles. The van der Waals surface area contributed by atoms with Gasteiger partial charge in [-0.2, -0.15) is 0 Å². The highest BCUT2D eigenvalue weighted by atomic mass is 35.5. The summed E-state index contributed by atoms with van der Waals surface area (Å²) in [4.78, 5) is 0. The van der Waals surface area contributed by atoms with Gasteiger partial charge >= 0.3 is 0 Å². The van der Waals surface area contributed by atoms with Gasteiger partial charge in [-0.15, -0.1) is 11.6 Å². The van der Waals surface area contributed by atoms with E-state index in [0.717, 1.165) is 0 Å². The van der Waals surface area contributed by atoms with Crippen LogP contribution in [0.5, 0.6) is 5.75 Å². The van der Waals surface area contributed by atoms with Gasteiger partial charge in [-0.05, 0) is 12.1 Å². The largest absolute Gasteiger partial charge is 0.489 e. The van der Waals surface area contributed by atoms with Crippen molar-refractivity contribution in [2.45, 2.75) is 6.10 Å². The van der Waals surface area contributed by atoms with Crippen LogP contribution in [-0.2, 0) is 0 Å². The molecule has 1 aromatic carbocycles. The van der Waals surface area contributed by atoms with Crippen LogP contribution in [-0.4, -0.2) is 23.7 Å². The molecule has 4 heteroatoms. The summed E-state index contributed by atoms with van der Waals surface area (Å²) in [6.07, 6.45) is -0.652. The number of nitrogen functional groups attached to an aromatic ring is 1. The Kier molecular flexibility index (Phi) is 3.86. The minimum absolute atomic E-state index is 0.159. The van der Waals surface area contributed by atoms with Crippen molar-refractivity contribution in [1.82, 2.24) is 0 Å². The van der Waals surface area contributed by atoms with Crippen LogP contribution in [0.4, 0.5) is 5.69 Å². The van der Waals surface area contributed by atoms with Gasteiger partial charge in [-0.3, -0.25) is 0 Å². The van der Waals surface area contributed by atoms with E-state index in [1.54, 1.807) is 12.1 Å². The van der Waals surface area contributed by atoms with Gasteiger partial charge in [0.2, 0.25) is 0 Å². The van der Waals surface area contributed by atoms with E-state index >= 15 is 0 Å². The lowest BCUT2D eigenvalue weighted by atomic mass is 10.3. The lowest BCUT2D eigenvalue weighted by molar-refractivity contribution is 0.126. The molecule has 3 N–H and O–H groups in total. The molecule has 0 aliphatic carbocycles. The van der Waals surface area contributed by atoms with E-state index < -0.39 is 6.10 Å².